The second kappa shape index (κ2) is 5.95. The molecular formula is C16H11BrFNOS. The van der Waals surface area contributed by atoms with Gasteiger partial charge >= 0.3 is 0 Å². The molecule has 2 aromatic carbocycles. The Balaban J connectivity index is 2.20. The van der Waals surface area contributed by atoms with Crippen LogP contribution in [0.25, 0.3) is 21.7 Å². The monoisotopic (exact) mass is 363 g/mol. The molecule has 0 fully saturated rings. The first-order valence-corrected chi connectivity index (χ1v) is 7.89. The first kappa shape index (κ1) is 14.2. The molecule has 0 bridgehead atoms. The van der Waals surface area contributed by atoms with E-state index in [0.717, 1.165) is 31.9 Å². The molecule has 1 aromatic heterocycles. The van der Waals surface area contributed by atoms with Gasteiger partial charge in [-0.15, -0.1) is 11.3 Å². The molecule has 3 aromatic rings. The molecule has 0 aliphatic heterocycles. The van der Waals surface area contributed by atoms with Crippen LogP contribution in [0.3, 0.4) is 0 Å². The highest BCUT2D eigenvalue weighted by atomic mass is 79.9. The van der Waals surface area contributed by atoms with Gasteiger partial charge in [-0.25, -0.2) is 9.37 Å². The number of rotatable bonds is 3. The maximum atomic E-state index is 13.7. The van der Waals surface area contributed by atoms with Crippen molar-refractivity contribution in [3.63, 3.8) is 0 Å². The summed E-state index contributed by atoms with van der Waals surface area (Å²) in [6.45, 7) is 0. The molecular weight excluding hydrogens is 353 g/mol. The molecule has 1 heterocycles. The summed E-state index contributed by atoms with van der Waals surface area (Å²) >= 11 is 5.06. The lowest BCUT2D eigenvalue weighted by Crippen LogP contribution is -1.89. The zero-order chi connectivity index (χ0) is 14.8. The van der Waals surface area contributed by atoms with Gasteiger partial charge in [0, 0.05) is 21.6 Å². The second-order valence-corrected chi connectivity index (χ2v) is 6.12. The molecule has 0 N–H and O–H groups in total. The maximum absolute atomic E-state index is 13.7. The molecule has 21 heavy (non-hydrogen) atoms. The molecule has 0 saturated heterocycles. The highest BCUT2D eigenvalue weighted by Crippen LogP contribution is 2.38. The van der Waals surface area contributed by atoms with E-state index >= 15 is 0 Å². The van der Waals surface area contributed by atoms with Crippen LogP contribution < -0.4 is 4.74 Å². The average Bonchev–Trinajstić information content (AvgIpc) is 3.01. The van der Waals surface area contributed by atoms with E-state index in [1.165, 1.54) is 23.5 Å². The SMILES string of the molecule is COc1ccc(-c2cc(F)ccc2-c2nccs2)c(Br)c1. The average molecular weight is 364 g/mol. The predicted molar refractivity (Wildman–Crippen MR) is 87.2 cm³/mol. The second-order valence-electron chi connectivity index (χ2n) is 4.37. The summed E-state index contributed by atoms with van der Waals surface area (Å²) < 4.78 is 19.7. The minimum Gasteiger partial charge on any atom is -0.497 e. The van der Waals surface area contributed by atoms with Gasteiger partial charge in [0.25, 0.3) is 0 Å². The van der Waals surface area contributed by atoms with Crippen molar-refractivity contribution in [3.05, 3.63) is 58.3 Å². The van der Waals surface area contributed by atoms with Crippen LogP contribution in [0.4, 0.5) is 4.39 Å². The van der Waals surface area contributed by atoms with Crippen molar-refractivity contribution in [2.45, 2.75) is 0 Å². The standard InChI is InChI=1S/C16H11BrFNOS/c1-20-11-3-5-12(15(17)9-11)14-8-10(18)2-4-13(14)16-19-6-7-21-16/h2-9H,1H3. The van der Waals surface area contributed by atoms with Crippen LogP contribution in [0, 0.1) is 5.82 Å². The van der Waals surface area contributed by atoms with E-state index in [4.69, 9.17) is 4.74 Å². The number of hydrogen-bond acceptors (Lipinski definition) is 3. The van der Waals surface area contributed by atoms with Gasteiger partial charge in [0.15, 0.2) is 0 Å². The Morgan fingerprint density at radius 3 is 2.57 bits per heavy atom. The molecule has 0 aliphatic carbocycles. The Labute approximate surface area is 134 Å². The molecule has 2 nitrogen and oxygen atoms in total. The quantitative estimate of drug-likeness (QED) is 0.622. The van der Waals surface area contributed by atoms with Crippen LogP contribution in [-0.4, -0.2) is 12.1 Å². The van der Waals surface area contributed by atoms with E-state index in [-0.39, 0.29) is 5.82 Å². The van der Waals surface area contributed by atoms with E-state index in [9.17, 15) is 4.39 Å². The zero-order valence-corrected chi connectivity index (χ0v) is 13.5. The van der Waals surface area contributed by atoms with E-state index in [1.807, 2.05) is 23.6 Å². The lowest BCUT2D eigenvalue weighted by Gasteiger charge is -2.11. The number of halogens is 2. The summed E-state index contributed by atoms with van der Waals surface area (Å²) in [7, 11) is 1.62. The molecule has 0 aliphatic rings. The van der Waals surface area contributed by atoms with Crippen LogP contribution in [0.2, 0.25) is 0 Å². The van der Waals surface area contributed by atoms with Gasteiger partial charge in [0.1, 0.15) is 16.6 Å². The summed E-state index contributed by atoms with van der Waals surface area (Å²) in [6.07, 6.45) is 1.75. The van der Waals surface area contributed by atoms with E-state index in [1.54, 1.807) is 19.4 Å². The fraction of sp³-hybridized carbons (Fsp3) is 0.0625. The number of ether oxygens (including phenoxy) is 1. The summed E-state index contributed by atoms with van der Waals surface area (Å²) in [4.78, 5) is 4.32. The van der Waals surface area contributed by atoms with Gasteiger partial charge in [0.2, 0.25) is 0 Å². The number of nitrogens with zero attached hydrogens (tertiary/aromatic N) is 1. The summed E-state index contributed by atoms with van der Waals surface area (Å²) in [5.41, 5.74) is 2.62. The third kappa shape index (κ3) is 2.84. The Kier molecular flexibility index (Phi) is 4.03. The predicted octanol–water partition coefficient (Wildman–Crippen LogP) is 5.39. The molecule has 0 unspecified atom stereocenters. The summed E-state index contributed by atoms with van der Waals surface area (Å²) in [5, 5.41) is 2.78. The number of aromatic nitrogens is 1. The number of methoxy groups -OCH3 is 1. The summed E-state index contributed by atoms with van der Waals surface area (Å²) in [5.74, 6) is 0.478. The van der Waals surface area contributed by atoms with Crippen molar-refractivity contribution in [2.24, 2.45) is 0 Å². The Morgan fingerprint density at radius 2 is 1.90 bits per heavy atom. The minimum absolute atomic E-state index is 0.270. The topological polar surface area (TPSA) is 22.1 Å². The highest BCUT2D eigenvalue weighted by Gasteiger charge is 2.13. The Hall–Kier alpha value is -1.72. The number of hydrogen-bond donors (Lipinski definition) is 0. The first-order valence-electron chi connectivity index (χ1n) is 6.22. The van der Waals surface area contributed by atoms with Gasteiger partial charge in [-0.3, -0.25) is 0 Å². The van der Waals surface area contributed by atoms with E-state index in [0.29, 0.717) is 0 Å². The van der Waals surface area contributed by atoms with Gasteiger partial charge in [-0.1, -0.05) is 15.9 Å². The number of benzene rings is 2. The lowest BCUT2D eigenvalue weighted by molar-refractivity contribution is 0.414. The fourth-order valence-corrected chi connectivity index (χ4v) is 3.37. The number of thiazole rings is 1. The van der Waals surface area contributed by atoms with Gasteiger partial charge < -0.3 is 4.74 Å². The normalized spacial score (nSPS) is 10.6. The molecule has 0 radical (unpaired) electrons. The first-order chi connectivity index (χ1) is 10.2. The Bertz CT molecular complexity index is 774. The van der Waals surface area contributed by atoms with Gasteiger partial charge in [-0.2, -0.15) is 0 Å². The van der Waals surface area contributed by atoms with Crippen LogP contribution in [0.15, 0.2) is 52.4 Å². The third-order valence-corrected chi connectivity index (χ3v) is 4.57. The lowest BCUT2D eigenvalue weighted by atomic mass is 9.99. The van der Waals surface area contributed by atoms with E-state index in [2.05, 4.69) is 20.9 Å². The van der Waals surface area contributed by atoms with Crippen LogP contribution in [-0.2, 0) is 0 Å². The van der Waals surface area contributed by atoms with Crippen LogP contribution in [0.5, 0.6) is 5.75 Å². The highest BCUT2D eigenvalue weighted by molar-refractivity contribution is 9.10. The molecule has 0 spiro atoms. The van der Waals surface area contributed by atoms with Crippen molar-refractivity contribution < 1.29 is 9.13 Å². The van der Waals surface area contributed by atoms with Crippen molar-refractivity contribution in [2.75, 3.05) is 7.11 Å². The summed E-state index contributed by atoms with van der Waals surface area (Å²) in [6, 6.07) is 10.4. The van der Waals surface area contributed by atoms with E-state index < -0.39 is 0 Å². The Morgan fingerprint density at radius 1 is 1.10 bits per heavy atom. The fourth-order valence-electron chi connectivity index (χ4n) is 2.12. The molecule has 0 atom stereocenters. The van der Waals surface area contributed by atoms with Crippen molar-refractivity contribution in [1.29, 1.82) is 0 Å². The smallest absolute Gasteiger partial charge is 0.123 e. The van der Waals surface area contributed by atoms with Crippen LogP contribution >= 0.6 is 27.3 Å². The molecule has 0 saturated carbocycles. The van der Waals surface area contributed by atoms with Gasteiger partial charge in [-0.05, 0) is 47.5 Å². The van der Waals surface area contributed by atoms with Crippen molar-refractivity contribution in [3.8, 4) is 27.4 Å². The minimum atomic E-state index is -0.270. The molecule has 5 heteroatoms. The van der Waals surface area contributed by atoms with Crippen molar-refractivity contribution >= 4 is 27.3 Å². The molecule has 106 valence electrons. The van der Waals surface area contributed by atoms with Gasteiger partial charge in [0.05, 0.1) is 7.11 Å². The third-order valence-electron chi connectivity index (χ3n) is 3.11. The van der Waals surface area contributed by atoms with Crippen LogP contribution in [0.1, 0.15) is 0 Å². The van der Waals surface area contributed by atoms with Crippen molar-refractivity contribution in [1.82, 2.24) is 4.98 Å². The maximum Gasteiger partial charge on any atom is 0.123 e. The zero-order valence-electron chi connectivity index (χ0n) is 11.1. The molecule has 3 rings (SSSR count). The molecule has 0 amide bonds. The largest absolute Gasteiger partial charge is 0.497 e.